The zero-order chi connectivity index (χ0) is 12.8. The van der Waals surface area contributed by atoms with Gasteiger partial charge in [-0.1, -0.05) is 6.58 Å². The number of rotatable bonds is 7. The summed E-state index contributed by atoms with van der Waals surface area (Å²) in [6.07, 6.45) is -0.621. The van der Waals surface area contributed by atoms with Crippen molar-refractivity contribution >= 4 is 5.91 Å². The highest BCUT2D eigenvalue weighted by molar-refractivity contribution is 5.92. The lowest BCUT2D eigenvalue weighted by Gasteiger charge is -2.31. The van der Waals surface area contributed by atoms with Crippen LogP contribution in [0.3, 0.4) is 0 Å². The van der Waals surface area contributed by atoms with Crippen molar-refractivity contribution in [3.63, 3.8) is 0 Å². The number of carbonyl (C=O) groups is 1. The van der Waals surface area contributed by atoms with Crippen molar-refractivity contribution in [1.29, 1.82) is 0 Å². The Labute approximate surface area is 109 Å². The summed E-state index contributed by atoms with van der Waals surface area (Å²) in [6, 6.07) is 0. The van der Waals surface area contributed by atoms with Gasteiger partial charge in [0, 0.05) is 12.1 Å². The van der Waals surface area contributed by atoms with Crippen LogP contribution in [-0.4, -0.2) is 67.0 Å². The highest BCUT2D eigenvalue weighted by Crippen LogP contribution is 1.99. The van der Waals surface area contributed by atoms with E-state index in [2.05, 4.69) is 11.9 Å². The van der Waals surface area contributed by atoms with Crippen molar-refractivity contribution in [3.8, 4) is 0 Å². The molecule has 0 bridgehead atoms. The van der Waals surface area contributed by atoms with Gasteiger partial charge in [-0.3, -0.25) is 4.79 Å². The van der Waals surface area contributed by atoms with E-state index in [1.165, 1.54) is 0 Å². The van der Waals surface area contributed by atoms with Gasteiger partial charge in [-0.25, -0.2) is 0 Å². The number of halogens is 1. The molecule has 0 aromatic heterocycles. The van der Waals surface area contributed by atoms with Crippen LogP contribution in [0, 0.1) is 0 Å². The molecule has 1 unspecified atom stereocenters. The Hall–Kier alpha value is -0.620. The monoisotopic (exact) mass is 266 g/mol. The van der Waals surface area contributed by atoms with E-state index in [1.54, 1.807) is 6.92 Å². The number of hydrogen-bond acceptors (Lipinski definition) is 3. The van der Waals surface area contributed by atoms with Crippen molar-refractivity contribution in [3.05, 3.63) is 12.2 Å². The summed E-state index contributed by atoms with van der Waals surface area (Å²) in [6.45, 7) is 6.47. The Kier molecular flexibility index (Phi) is 9.33. The largest absolute Gasteiger partial charge is 1.00 e. The van der Waals surface area contributed by atoms with E-state index in [-0.39, 0.29) is 31.5 Å². The molecule has 3 N–H and O–H groups in total. The second-order valence-electron chi connectivity index (χ2n) is 4.71. The number of likely N-dealkylation sites (N-methyl/N-ethyl adjacent to an activating group) is 1. The van der Waals surface area contributed by atoms with E-state index < -0.39 is 6.10 Å². The molecular formula is C11H23ClN2O3. The van der Waals surface area contributed by atoms with Crippen molar-refractivity contribution in [2.45, 2.75) is 13.0 Å². The molecule has 0 aromatic carbocycles. The normalized spacial score (nSPS) is 12.5. The van der Waals surface area contributed by atoms with Gasteiger partial charge in [0.15, 0.2) is 0 Å². The molecule has 0 rings (SSSR count). The lowest BCUT2D eigenvalue weighted by molar-refractivity contribution is -0.893. The van der Waals surface area contributed by atoms with Crippen LogP contribution in [0.4, 0.5) is 0 Å². The summed E-state index contributed by atoms with van der Waals surface area (Å²) in [5, 5.41) is 21.1. The summed E-state index contributed by atoms with van der Waals surface area (Å²) in [5.74, 6) is -0.244. The Morgan fingerprint density at radius 1 is 1.47 bits per heavy atom. The van der Waals surface area contributed by atoms with Crippen LogP contribution < -0.4 is 17.7 Å². The zero-order valence-electron chi connectivity index (χ0n) is 10.7. The lowest BCUT2D eigenvalue weighted by Crippen LogP contribution is -3.00. The summed E-state index contributed by atoms with van der Waals surface area (Å²) >= 11 is 0. The second kappa shape index (κ2) is 8.47. The van der Waals surface area contributed by atoms with E-state index in [9.17, 15) is 9.90 Å². The van der Waals surface area contributed by atoms with Crippen molar-refractivity contribution in [2.24, 2.45) is 0 Å². The molecule has 0 radical (unpaired) electrons. The van der Waals surface area contributed by atoms with E-state index in [4.69, 9.17) is 5.11 Å². The molecule has 0 saturated carbocycles. The lowest BCUT2D eigenvalue weighted by atomic mass is 10.2. The first-order valence-corrected chi connectivity index (χ1v) is 5.33. The fourth-order valence-corrected chi connectivity index (χ4v) is 1.36. The molecule has 0 fully saturated rings. The average molecular weight is 267 g/mol. The maximum absolute atomic E-state index is 11.2. The Morgan fingerprint density at radius 3 is 2.41 bits per heavy atom. The van der Waals surface area contributed by atoms with Crippen molar-refractivity contribution in [1.82, 2.24) is 5.32 Å². The van der Waals surface area contributed by atoms with Gasteiger partial charge in [-0.15, -0.1) is 0 Å². The predicted octanol–water partition coefficient (Wildman–Crippen LogP) is -3.89. The fraction of sp³-hybridized carbons (Fsp3) is 0.727. The minimum Gasteiger partial charge on any atom is -1.00 e. The van der Waals surface area contributed by atoms with Gasteiger partial charge in [0.05, 0.1) is 20.7 Å². The number of nitrogens with one attached hydrogen (secondary N) is 1. The van der Waals surface area contributed by atoms with Crippen LogP contribution in [0.15, 0.2) is 12.2 Å². The predicted molar refractivity (Wildman–Crippen MR) is 62.8 cm³/mol. The molecule has 17 heavy (non-hydrogen) atoms. The highest BCUT2D eigenvalue weighted by atomic mass is 35.5. The summed E-state index contributed by atoms with van der Waals surface area (Å²) in [7, 11) is 3.83. The van der Waals surface area contributed by atoms with E-state index in [0.29, 0.717) is 23.1 Å². The van der Waals surface area contributed by atoms with Gasteiger partial charge in [-0.2, -0.15) is 0 Å². The molecule has 0 aliphatic rings. The molecule has 5 nitrogen and oxygen atoms in total. The first-order chi connectivity index (χ1) is 7.28. The van der Waals surface area contributed by atoms with Crippen molar-refractivity contribution < 1.29 is 31.9 Å². The Morgan fingerprint density at radius 2 is 2.00 bits per heavy atom. The topological polar surface area (TPSA) is 69.6 Å². The van der Waals surface area contributed by atoms with Gasteiger partial charge in [-0.05, 0) is 6.92 Å². The highest BCUT2D eigenvalue weighted by Gasteiger charge is 2.20. The molecule has 0 aliphatic carbocycles. The quantitative estimate of drug-likeness (QED) is 0.326. The molecule has 0 saturated heterocycles. The van der Waals surface area contributed by atoms with E-state index in [1.807, 2.05) is 14.1 Å². The zero-order valence-corrected chi connectivity index (χ0v) is 11.5. The molecule has 6 heteroatoms. The first-order valence-electron chi connectivity index (χ1n) is 5.33. The molecular weight excluding hydrogens is 244 g/mol. The molecule has 1 atom stereocenters. The van der Waals surface area contributed by atoms with Gasteiger partial charge in [0.2, 0.25) is 5.91 Å². The Balaban J connectivity index is 0. The van der Waals surface area contributed by atoms with Crippen LogP contribution in [-0.2, 0) is 4.79 Å². The SMILES string of the molecule is C=C(C)C(=O)NCC(O)C[N+](C)(C)CCO.[Cl-]. The van der Waals surface area contributed by atoms with Crippen LogP contribution in [0.2, 0.25) is 0 Å². The first kappa shape index (κ1) is 18.7. The van der Waals surface area contributed by atoms with Crippen LogP contribution in [0.1, 0.15) is 6.92 Å². The Bertz CT molecular complexity index is 257. The van der Waals surface area contributed by atoms with E-state index in [0.717, 1.165) is 0 Å². The maximum atomic E-state index is 11.2. The summed E-state index contributed by atoms with van der Waals surface area (Å²) < 4.78 is 0.514. The third-order valence-electron chi connectivity index (χ3n) is 2.30. The fourth-order valence-electron chi connectivity index (χ4n) is 1.36. The molecule has 1 amide bonds. The number of nitrogens with zero attached hydrogens (tertiary/aromatic N) is 1. The van der Waals surface area contributed by atoms with E-state index >= 15 is 0 Å². The number of quaternary nitrogens is 1. The number of carbonyl (C=O) groups excluding carboxylic acids is 1. The molecule has 0 aromatic rings. The number of aliphatic hydroxyl groups is 2. The van der Waals surface area contributed by atoms with Crippen LogP contribution >= 0.6 is 0 Å². The van der Waals surface area contributed by atoms with Crippen molar-refractivity contribution in [2.75, 3.05) is 40.3 Å². The standard InChI is InChI=1S/C11H22N2O3.ClH/c1-9(2)11(16)12-7-10(15)8-13(3,4)5-6-14;/h10,14-15H,1,5-8H2,2-4H3;1H. The third kappa shape index (κ3) is 9.12. The number of amides is 1. The smallest absolute Gasteiger partial charge is 0.246 e. The van der Waals surface area contributed by atoms with Gasteiger partial charge < -0.3 is 32.4 Å². The molecule has 102 valence electrons. The molecule has 0 heterocycles. The second-order valence-corrected chi connectivity index (χ2v) is 4.71. The molecule has 0 spiro atoms. The average Bonchev–Trinajstić information content (AvgIpc) is 2.12. The molecule has 0 aliphatic heterocycles. The van der Waals surface area contributed by atoms with Gasteiger partial charge in [0.1, 0.15) is 19.2 Å². The maximum Gasteiger partial charge on any atom is 0.246 e. The number of aliphatic hydroxyl groups excluding tert-OH is 2. The third-order valence-corrected chi connectivity index (χ3v) is 2.30. The van der Waals surface area contributed by atoms with Crippen LogP contribution in [0.25, 0.3) is 0 Å². The minimum absolute atomic E-state index is 0. The van der Waals surface area contributed by atoms with Gasteiger partial charge in [0.25, 0.3) is 0 Å². The van der Waals surface area contributed by atoms with Crippen LogP contribution in [0.5, 0.6) is 0 Å². The summed E-state index contributed by atoms with van der Waals surface area (Å²) in [4.78, 5) is 11.2. The number of hydrogen-bond donors (Lipinski definition) is 3. The summed E-state index contributed by atoms with van der Waals surface area (Å²) in [5.41, 5.74) is 0.427. The minimum atomic E-state index is -0.621. The van der Waals surface area contributed by atoms with Gasteiger partial charge >= 0.3 is 0 Å².